The topological polar surface area (TPSA) is 157 Å². The number of hydrogen-bond donors (Lipinski definition) is 3. The molecular weight excluding hydrogens is 516 g/mol. The summed E-state index contributed by atoms with van der Waals surface area (Å²) in [6.45, 7) is 10.8. The quantitative estimate of drug-likeness (QED) is 0.296. The number of ether oxygens (including phenoxy) is 2. The first-order valence-electron chi connectivity index (χ1n) is 13.6. The lowest BCUT2D eigenvalue weighted by molar-refractivity contribution is -0.148. The number of hydrogen-bond acceptors (Lipinski definition) is 7. The second-order valence-corrected chi connectivity index (χ2v) is 10.7. The van der Waals surface area contributed by atoms with Crippen molar-refractivity contribution >= 4 is 35.9 Å². The van der Waals surface area contributed by atoms with Crippen molar-refractivity contribution < 1.29 is 33.4 Å². The molecule has 0 bridgehead atoms. The van der Waals surface area contributed by atoms with Crippen LogP contribution in [0.25, 0.3) is 6.08 Å². The Hall–Kier alpha value is -3.89. The van der Waals surface area contributed by atoms with Crippen molar-refractivity contribution in [2.75, 3.05) is 13.2 Å². The van der Waals surface area contributed by atoms with E-state index in [1.165, 1.54) is 4.90 Å². The van der Waals surface area contributed by atoms with E-state index in [1.807, 2.05) is 6.07 Å². The molecule has 2 atom stereocenters. The molecule has 4 N–H and O–H groups in total. The molecule has 40 heavy (non-hydrogen) atoms. The van der Waals surface area contributed by atoms with E-state index in [0.717, 1.165) is 12.0 Å². The first-order chi connectivity index (χ1) is 18.9. The average molecular weight is 559 g/mol. The van der Waals surface area contributed by atoms with E-state index in [9.17, 15) is 24.0 Å². The van der Waals surface area contributed by atoms with Gasteiger partial charge in [-0.3, -0.25) is 19.2 Å². The molecule has 1 aromatic carbocycles. The first kappa shape index (κ1) is 32.3. The van der Waals surface area contributed by atoms with E-state index in [1.54, 1.807) is 52.0 Å². The van der Waals surface area contributed by atoms with Crippen LogP contribution in [0.15, 0.2) is 30.8 Å². The fourth-order valence-electron chi connectivity index (χ4n) is 4.27. The molecular formula is C29H42N4O7. The zero-order valence-electron chi connectivity index (χ0n) is 23.9. The summed E-state index contributed by atoms with van der Waals surface area (Å²) in [4.78, 5) is 65.4. The molecule has 0 heterocycles. The Balaban J connectivity index is 2.46. The zero-order chi connectivity index (χ0) is 29.9. The van der Waals surface area contributed by atoms with Crippen LogP contribution in [0.1, 0.15) is 83.4 Å². The third-order valence-electron chi connectivity index (χ3n) is 6.31. The Kier molecular flexibility index (Phi) is 12.2. The fourth-order valence-corrected chi connectivity index (χ4v) is 4.27. The summed E-state index contributed by atoms with van der Waals surface area (Å²) in [5.41, 5.74) is 5.83. The molecule has 0 radical (unpaired) electrons. The van der Waals surface area contributed by atoms with Gasteiger partial charge in [0.2, 0.25) is 17.7 Å². The monoisotopic (exact) mass is 558 g/mol. The molecule has 1 aliphatic carbocycles. The number of benzene rings is 1. The van der Waals surface area contributed by atoms with Gasteiger partial charge in [0.15, 0.2) is 0 Å². The van der Waals surface area contributed by atoms with Gasteiger partial charge >= 0.3 is 12.1 Å². The summed E-state index contributed by atoms with van der Waals surface area (Å²) >= 11 is 0. The van der Waals surface area contributed by atoms with Crippen LogP contribution in [0.5, 0.6) is 0 Å². The van der Waals surface area contributed by atoms with Gasteiger partial charge in [0, 0.05) is 19.0 Å². The highest BCUT2D eigenvalue weighted by Crippen LogP contribution is 2.34. The second kappa shape index (κ2) is 15.0. The Morgan fingerprint density at radius 3 is 2.42 bits per heavy atom. The molecule has 0 aliphatic heterocycles. The van der Waals surface area contributed by atoms with Crippen LogP contribution in [-0.2, 0) is 28.7 Å². The Labute approximate surface area is 235 Å². The molecule has 1 aromatic rings. The maximum absolute atomic E-state index is 14.2. The van der Waals surface area contributed by atoms with E-state index >= 15 is 0 Å². The lowest BCUT2D eigenvalue weighted by atomic mass is 9.87. The van der Waals surface area contributed by atoms with Gasteiger partial charge in [-0.1, -0.05) is 30.9 Å². The molecule has 1 saturated carbocycles. The van der Waals surface area contributed by atoms with Gasteiger partial charge in [0.25, 0.3) is 0 Å². The molecule has 1 fully saturated rings. The van der Waals surface area contributed by atoms with Crippen molar-refractivity contribution in [2.45, 2.75) is 89.9 Å². The third-order valence-corrected chi connectivity index (χ3v) is 6.31. The predicted molar refractivity (Wildman–Crippen MR) is 150 cm³/mol. The van der Waals surface area contributed by atoms with Crippen LogP contribution in [0.3, 0.4) is 0 Å². The molecule has 1 aliphatic rings. The number of nitrogens with zero attached hydrogens (tertiary/aromatic N) is 1. The van der Waals surface area contributed by atoms with E-state index in [2.05, 4.69) is 17.2 Å². The van der Waals surface area contributed by atoms with Crippen molar-refractivity contribution in [1.29, 1.82) is 0 Å². The third kappa shape index (κ3) is 10.0. The van der Waals surface area contributed by atoms with Crippen LogP contribution in [0.4, 0.5) is 4.79 Å². The Bertz CT molecular complexity index is 1080. The summed E-state index contributed by atoms with van der Waals surface area (Å²) in [5, 5.41) is 5.34. The molecule has 0 spiro atoms. The van der Waals surface area contributed by atoms with E-state index in [4.69, 9.17) is 15.2 Å². The summed E-state index contributed by atoms with van der Waals surface area (Å²) in [6, 6.07) is 4.57. The molecule has 11 nitrogen and oxygen atoms in total. The molecule has 0 aromatic heterocycles. The Morgan fingerprint density at radius 2 is 1.88 bits per heavy atom. The van der Waals surface area contributed by atoms with Gasteiger partial charge < -0.3 is 30.7 Å². The lowest BCUT2D eigenvalue weighted by Gasteiger charge is -2.43. The highest BCUT2D eigenvalue weighted by atomic mass is 16.6. The number of rotatable bonds is 14. The normalized spacial score (nSPS) is 14.6. The minimum Gasteiger partial charge on any atom is -0.466 e. The van der Waals surface area contributed by atoms with E-state index in [-0.39, 0.29) is 38.5 Å². The number of nitrogens with one attached hydrogen (secondary N) is 2. The van der Waals surface area contributed by atoms with Gasteiger partial charge in [-0.15, -0.1) is 0 Å². The maximum Gasteiger partial charge on any atom is 0.408 e. The van der Waals surface area contributed by atoms with Crippen molar-refractivity contribution in [3.05, 3.63) is 42.0 Å². The van der Waals surface area contributed by atoms with Gasteiger partial charge in [0.1, 0.15) is 17.7 Å². The maximum atomic E-state index is 14.2. The highest BCUT2D eigenvalue weighted by Gasteiger charge is 2.42. The number of carbonyl (C=O) groups is 5. The summed E-state index contributed by atoms with van der Waals surface area (Å²) in [7, 11) is 0. The molecule has 0 saturated heterocycles. The molecule has 11 heteroatoms. The van der Waals surface area contributed by atoms with Gasteiger partial charge in [-0.05, 0) is 70.6 Å². The molecule has 4 amide bonds. The number of primary amides is 1. The summed E-state index contributed by atoms with van der Waals surface area (Å²) in [6.07, 6.45) is 2.74. The van der Waals surface area contributed by atoms with E-state index < -0.39 is 47.5 Å². The van der Waals surface area contributed by atoms with Gasteiger partial charge in [-0.2, -0.15) is 0 Å². The van der Waals surface area contributed by atoms with Crippen molar-refractivity contribution in [3.8, 4) is 0 Å². The molecule has 220 valence electrons. The largest absolute Gasteiger partial charge is 0.466 e. The van der Waals surface area contributed by atoms with Gasteiger partial charge in [-0.25, -0.2) is 4.79 Å². The number of nitrogens with two attached hydrogens (primary N) is 1. The number of amides is 4. The summed E-state index contributed by atoms with van der Waals surface area (Å²) in [5.74, 6) is -2.11. The van der Waals surface area contributed by atoms with Crippen LogP contribution in [-0.4, -0.2) is 65.5 Å². The minimum absolute atomic E-state index is 0.0171. The fraction of sp³-hybridized carbons (Fsp3) is 0.552. The lowest BCUT2D eigenvalue weighted by Crippen LogP contribution is -2.57. The highest BCUT2D eigenvalue weighted by molar-refractivity contribution is 5.93. The minimum atomic E-state index is -1.17. The van der Waals surface area contributed by atoms with Crippen LogP contribution >= 0.6 is 0 Å². The zero-order valence-corrected chi connectivity index (χ0v) is 23.9. The number of carbonyl (C=O) groups excluding carboxylic acids is 5. The SMILES string of the molecule is C=Cc1cccc(C(C(=O)NCCC(=O)OCC)N(C(=O)C(CCC(N)=O)NC(=O)OC(C)(C)C)C2CCC2)c1. The van der Waals surface area contributed by atoms with Crippen LogP contribution in [0, 0.1) is 0 Å². The van der Waals surface area contributed by atoms with Crippen molar-refractivity contribution in [3.63, 3.8) is 0 Å². The predicted octanol–water partition coefficient (Wildman–Crippen LogP) is 2.98. The van der Waals surface area contributed by atoms with Crippen molar-refractivity contribution in [1.82, 2.24) is 15.5 Å². The van der Waals surface area contributed by atoms with Crippen LogP contribution < -0.4 is 16.4 Å². The molecule has 2 unspecified atom stereocenters. The Morgan fingerprint density at radius 1 is 1.18 bits per heavy atom. The smallest absolute Gasteiger partial charge is 0.408 e. The van der Waals surface area contributed by atoms with Gasteiger partial charge in [0.05, 0.1) is 13.0 Å². The van der Waals surface area contributed by atoms with E-state index in [0.29, 0.717) is 18.4 Å². The molecule has 2 rings (SSSR count). The summed E-state index contributed by atoms with van der Waals surface area (Å²) < 4.78 is 10.3. The first-order valence-corrected chi connectivity index (χ1v) is 13.6. The van der Waals surface area contributed by atoms with Crippen LogP contribution in [0.2, 0.25) is 0 Å². The number of esters is 1. The average Bonchev–Trinajstić information content (AvgIpc) is 2.83. The second-order valence-electron chi connectivity index (χ2n) is 10.7. The van der Waals surface area contributed by atoms with Crippen molar-refractivity contribution in [2.24, 2.45) is 5.73 Å². The standard InChI is InChI=1S/C29H42N4O7/c1-6-19-10-8-11-20(18-19)25(26(36)31-17-16-24(35)39-7-2)33(21-12-9-13-21)27(37)22(14-15-23(30)34)32-28(38)40-29(3,4)5/h6,8,10-11,18,21-22,25H,1,7,9,12-17H2,2-5H3,(H2,30,34)(H,31,36)(H,32,38). The number of alkyl carbamates (subject to hydrolysis) is 1.